The summed E-state index contributed by atoms with van der Waals surface area (Å²) >= 11 is 5.86. The molecule has 25 heavy (non-hydrogen) atoms. The smallest absolute Gasteiger partial charge is 0.254 e. The Hall–Kier alpha value is -2.53. The number of hydrogen-bond donors (Lipinski definition) is 2. The quantitative estimate of drug-likeness (QED) is 0.826. The van der Waals surface area contributed by atoms with Crippen LogP contribution >= 0.6 is 11.6 Å². The molecule has 5 nitrogen and oxygen atoms in total. The molecule has 1 atom stereocenters. The molecule has 3 N–H and O–H groups in total. The summed E-state index contributed by atoms with van der Waals surface area (Å²) in [5.41, 5.74) is 7.76. The number of carbonyl (C=O) groups excluding carboxylic acids is 2. The minimum atomic E-state index is -0.443. The highest BCUT2D eigenvalue weighted by atomic mass is 35.5. The number of anilines is 1. The van der Waals surface area contributed by atoms with Gasteiger partial charge in [0, 0.05) is 29.4 Å². The first-order valence-corrected chi connectivity index (χ1v) is 8.61. The lowest BCUT2D eigenvalue weighted by molar-refractivity contribution is -0.125. The van der Waals surface area contributed by atoms with Crippen LogP contribution in [0.4, 0.5) is 5.69 Å². The van der Waals surface area contributed by atoms with Crippen LogP contribution in [-0.2, 0) is 11.3 Å². The number of rotatable bonds is 4. The van der Waals surface area contributed by atoms with Gasteiger partial charge in [-0.15, -0.1) is 0 Å². The lowest BCUT2D eigenvalue weighted by Crippen LogP contribution is -2.45. The molecule has 1 heterocycles. The predicted molar refractivity (Wildman–Crippen MR) is 98.2 cm³/mol. The number of likely N-dealkylation sites (tertiary alicyclic amines) is 1. The number of nitrogens with one attached hydrogen (secondary N) is 1. The number of benzene rings is 2. The predicted octanol–water partition coefficient (Wildman–Crippen LogP) is 2.84. The second-order valence-electron chi connectivity index (χ2n) is 6.13. The Morgan fingerprint density at radius 1 is 1.20 bits per heavy atom. The van der Waals surface area contributed by atoms with Gasteiger partial charge in [0.2, 0.25) is 5.91 Å². The first-order valence-electron chi connectivity index (χ1n) is 8.23. The first-order chi connectivity index (χ1) is 12.0. The molecule has 130 valence electrons. The topological polar surface area (TPSA) is 75.4 Å². The number of nitrogens with zero attached hydrogens (tertiary/aromatic N) is 1. The van der Waals surface area contributed by atoms with Crippen molar-refractivity contribution in [3.8, 4) is 0 Å². The van der Waals surface area contributed by atoms with Crippen molar-refractivity contribution >= 4 is 29.1 Å². The summed E-state index contributed by atoms with van der Waals surface area (Å²) in [6.45, 7) is 0.986. The molecule has 0 spiro atoms. The zero-order chi connectivity index (χ0) is 17.8. The maximum absolute atomic E-state index is 12.7. The minimum Gasteiger partial charge on any atom is -0.399 e. The van der Waals surface area contributed by atoms with E-state index in [0.29, 0.717) is 35.8 Å². The standard InChI is InChI=1S/C19H20ClN3O2/c20-15-8-6-13(7-9-15)12-22-18(24)17-5-2-10-23(17)19(25)14-3-1-4-16(21)11-14/h1,3-4,6-9,11,17H,2,5,10,12,21H2,(H,22,24). The summed E-state index contributed by atoms with van der Waals surface area (Å²) < 4.78 is 0. The fraction of sp³-hybridized carbons (Fsp3) is 0.263. The summed E-state index contributed by atoms with van der Waals surface area (Å²) in [5, 5.41) is 3.56. The third-order valence-electron chi connectivity index (χ3n) is 4.33. The normalized spacial score (nSPS) is 16.7. The number of carbonyl (C=O) groups is 2. The van der Waals surface area contributed by atoms with Crippen molar-refractivity contribution in [2.75, 3.05) is 12.3 Å². The third-order valence-corrected chi connectivity index (χ3v) is 4.58. The van der Waals surface area contributed by atoms with Crippen LogP contribution < -0.4 is 11.1 Å². The Labute approximate surface area is 151 Å². The van der Waals surface area contributed by atoms with Gasteiger partial charge in [-0.2, -0.15) is 0 Å². The van der Waals surface area contributed by atoms with E-state index in [1.165, 1.54) is 0 Å². The van der Waals surface area contributed by atoms with E-state index < -0.39 is 6.04 Å². The van der Waals surface area contributed by atoms with E-state index in [0.717, 1.165) is 12.0 Å². The van der Waals surface area contributed by atoms with E-state index in [9.17, 15) is 9.59 Å². The molecule has 1 unspecified atom stereocenters. The van der Waals surface area contributed by atoms with Crippen LogP contribution in [0.15, 0.2) is 48.5 Å². The Morgan fingerprint density at radius 3 is 2.68 bits per heavy atom. The zero-order valence-electron chi connectivity index (χ0n) is 13.7. The zero-order valence-corrected chi connectivity index (χ0v) is 14.5. The van der Waals surface area contributed by atoms with E-state index in [2.05, 4.69) is 5.32 Å². The van der Waals surface area contributed by atoms with Crippen molar-refractivity contribution < 1.29 is 9.59 Å². The molecule has 1 saturated heterocycles. The molecule has 2 amide bonds. The molecule has 1 fully saturated rings. The van der Waals surface area contributed by atoms with Gasteiger partial charge in [0.1, 0.15) is 6.04 Å². The van der Waals surface area contributed by atoms with Crippen molar-refractivity contribution in [1.29, 1.82) is 0 Å². The molecule has 1 aliphatic heterocycles. The van der Waals surface area contributed by atoms with Crippen molar-refractivity contribution in [3.63, 3.8) is 0 Å². The molecule has 2 aromatic carbocycles. The Balaban J connectivity index is 1.65. The van der Waals surface area contributed by atoms with Gasteiger partial charge in [-0.1, -0.05) is 29.8 Å². The molecular formula is C19H20ClN3O2. The van der Waals surface area contributed by atoms with E-state index >= 15 is 0 Å². The number of nitrogen functional groups attached to an aromatic ring is 1. The number of amides is 2. The van der Waals surface area contributed by atoms with Crippen molar-refractivity contribution in [3.05, 3.63) is 64.7 Å². The van der Waals surface area contributed by atoms with Gasteiger partial charge in [-0.05, 0) is 48.7 Å². The third kappa shape index (κ3) is 4.12. The fourth-order valence-corrected chi connectivity index (χ4v) is 3.16. The van der Waals surface area contributed by atoms with E-state index in [1.807, 2.05) is 12.1 Å². The van der Waals surface area contributed by atoms with Gasteiger partial charge in [0.15, 0.2) is 0 Å². The van der Waals surface area contributed by atoms with Crippen LogP contribution in [-0.4, -0.2) is 29.3 Å². The van der Waals surface area contributed by atoms with E-state index in [4.69, 9.17) is 17.3 Å². The summed E-state index contributed by atoms with van der Waals surface area (Å²) in [6, 6.07) is 13.7. The van der Waals surface area contributed by atoms with Crippen molar-refractivity contribution in [2.24, 2.45) is 0 Å². The maximum atomic E-state index is 12.7. The van der Waals surface area contributed by atoms with Crippen LogP contribution in [0.25, 0.3) is 0 Å². The second-order valence-corrected chi connectivity index (χ2v) is 6.56. The molecular weight excluding hydrogens is 338 g/mol. The molecule has 0 aliphatic carbocycles. The second kappa shape index (κ2) is 7.57. The summed E-state index contributed by atoms with van der Waals surface area (Å²) in [5.74, 6) is -0.291. The van der Waals surface area contributed by atoms with Crippen LogP contribution in [0.5, 0.6) is 0 Å². The molecule has 0 radical (unpaired) electrons. The van der Waals surface area contributed by atoms with Crippen molar-refractivity contribution in [2.45, 2.75) is 25.4 Å². The SMILES string of the molecule is Nc1cccc(C(=O)N2CCCC2C(=O)NCc2ccc(Cl)cc2)c1. The fourth-order valence-electron chi connectivity index (χ4n) is 3.03. The highest BCUT2D eigenvalue weighted by Gasteiger charge is 2.34. The average Bonchev–Trinajstić information content (AvgIpc) is 3.10. The Bertz CT molecular complexity index is 776. The van der Waals surface area contributed by atoms with Crippen LogP contribution in [0, 0.1) is 0 Å². The largest absolute Gasteiger partial charge is 0.399 e. The highest BCUT2D eigenvalue weighted by molar-refractivity contribution is 6.30. The van der Waals surface area contributed by atoms with Crippen LogP contribution in [0.1, 0.15) is 28.8 Å². The van der Waals surface area contributed by atoms with Gasteiger partial charge >= 0.3 is 0 Å². The Kier molecular flexibility index (Phi) is 5.24. The van der Waals surface area contributed by atoms with Gasteiger partial charge < -0.3 is 16.0 Å². The molecule has 2 aromatic rings. The van der Waals surface area contributed by atoms with Gasteiger partial charge in [-0.25, -0.2) is 0 Å². The average molecular weight is 358 g/mol. The molecule has 3 rings (SSSR count). The van der Waals surface area contributed by atoms with Gasteiger partial charge in [0.05, 0.1) is 0 Å². The lowest BCUT2D eigenvalue weighted by Gasteiger charge is -2.24. The molecule has 0 aromatic heterocycles. The monoisotopic (exact) mass is 357 g/mol. The molecule has 6 heteroatoms. The molecule has 0 bridgehead atoms. The van der Waals surface area contributed by atoms with Gasteiger partial charge in [0.25, 0.3) is 5.91 Å². The van der Waals surface area contributed by atoms with Crippen molar-refractivity contribution in [1.82, 2.24) is 10.2 Å². The highest BCUT2D eigenvalue weighted by Crippen LogP contribution is 2.21. The molecule has 1 aliphatic rings. The summed E-state index contributed by atoms with van der Waals surface area (Å²) in [4.78, 5) is 26.9. The number of nitrogens with two attached hydrogens (primary N) is 1. The lowest BCUT2D eigenvalue weighted by atomic mass is 10.1. The van der Waals surface area contributed by atoms with Crippen LogP contribution in [0.3, 0.4) is 0 Å². The Morgan fingerprint density at radius 2 is 1.96 bits per heavy atom. The van der Waals surface area contributed by atoms with E-state index in [-0.39, 0.29) is 11.8 Å². The summed E-state index contributed by atoms with van der Waals surface area (Å²) in [7, 11) is 0. The number of halogens is 1. The maximum Gasteiger partial charge on any atom is 0.254 e. The van der Waals surface area contributed by atoms with Gasteiger partial charge in [-0.3, -0.25) is 9.59 Å². The summed E-state index contributed by atoms with van der Waals surface area (Å²) in [6.07, 6.45) is 1.48. The molecule has 0 saturated carbocycles. The van der Waals surface area contributed by atoms with E-state index in [1.54, 1.807) is 41.3 Å². The number of hydrogen-bond acceptors (Lipinski definition) is 3. The minimum absolute atomic E-state index is 0.135. The van der Waals surface area contributed by atoms with Crippen LogP contribution in [0.2, 0.25) is 5.02 Å². The first kappa shape index (κ1) is 17.3.